The normalized spacial score (nSPS) is 10.8. The summed E-state index contributed by atoms with van der Waals surface area (Å²) in [5.74, 6) is 0.412. The number of thioether (sulfide) groups is 1. The van der Waals surface area contributed by atoms with Crippen LogP contribution >= 0.6 is 27.7 Å². The molecule has 9 heteroatoms. The molecule has 0 spiro atoms. The molecule has 0 radical (unpaired) electrons. The Bertz CT molecular complexity index is 880. The van der Waals surface area contributed by atoms with Crippen LogP contribution in [0.15, 0.2) is 50.6 Å². The summed E-state index contributed by atoms with van der Waals surface area (Å²) >= 11 is 4.44. The van der Waals surface area contributed by atoms with E-state index in [-0.39, 0.29) is 17.3 Å². The van der Waals surface area contributed by atoms with E-state index in [4.69, 9.17) is 4.42 Å². The Hall–Kier alpha value is -2.13. The van der Waals surface area contributed by atoms with Crippen molar-refractivity contribution in [1.82, 2.24) is 14.8 Å². The van der Waals surface area contributed by atoms with E-state index in [0.717, 1.165) is 0 Å². The summed E-state index contributed by atoms with van der Waals surface area (Å²) in [7, 11) is 1.78. The number of hydrogen-bond donors (Lipinski definition) is 1. The lowest BCUT2D eigenvalue weighted by Crippen LogP contribution is -2.15. The second kappa shape index (κ2) is 7.18. The fourth-order valence-corrected chi connectivity index (χ4v) is 2.99. The van der Waals surface area contributed by atoms with Gasteiger partial charge in [-0.1, -0.05) is 23.9 Å². The van der Waals surface area contributed by atoms with Crippen LogP contribution in [-0.2, 0) is 11.8 Å². The Kier molecular flexibility index (Phi) is 5.00. The molecule has 1 N–H and O–H groups in total. The third-order valence-electron chi connectivity index (χ3n) is 3.11. The molecule has 0 unspecified atom stereocenters. The first-order valence-electron chi connectivity index (χ1n) is 6.87. The van der Waals surface area contributed by atoms with Crippen molar-refractivity contribution in [3.8, 4) is 11.6 Å². The molecule has 0 aliphatic heterocycles. The number of anilines is 1. The number of halogens is 2. The van der Waals surface area contributed by atoms with Crippen molar-refractivity contribution < 1.29 is 13.6 Å². The number of nitrogens with one attached hydrogen (secondary N) is 1. The third-order valence-corrected chi connectivity index (χ3v) is 4.56. The molecule has 0 atom stereocenters. The number of amides is 1. The Morgan fingerprint density at radius 1 is 1.33 bits per heavy atom. The highest BCUT2D eigenvalue weighted by molar-refractivity contribution is 9.10. The number of hydrogen-bond acceptors (Lipinski definition) is 5. The lowest BCUT2D eigenvalue weighted by atomic mass is 10.3. The molecule has 0 aliphatic rings. The molecule has 2 aromatic heterocycles. The van der Waals surface area contributed by atoms with Gasteiger partial charge in [0.25, 0.3) is 0 Å². The molecule has 3 rings (SSSR count). The van der Waals surface area contributed by atoms with Crippen molar-refractivity contribution in [3.05, 3.63) is 46.9 Å². The summed E-state index contributed by atoms with van der Waals surface area (Å²) in [4.78, 5) is 11.9. The average Bonchev–Trinajstić information content (AvgIpc) is 3.13. The molecule has 3 aromatic rings. The maximum atomic E-state index is 13.5. The summed E-state index contributed by atoms with van der Waals surface area (Å²) < 4.78 is 21.3. The summed E-state index contributed by atoms with van der Waals surface area (Å²) in [6, 6.07) is 9.55. The van der Waals surface area contributed by atoms with Crippen LogP contribution in [0.25, 0.3) is 11.6 Å². The van der Waals surface area contributed by atoms with Crippen molar-refractivity contribution in [1.29, 1.82) is 0 Å². The highest BCUT2D eigenvalue weighted by atomic mass is 79.9. The van der Waals surface area contributed by atoms with Gasteiger partial charge >= 0.3 is 0 Å². The lowest BCUT2D eigenvalue weighted by molar-refractivity contribution is -0.113. The van der Waals surface area contributed by atoms with Crippen LogP contribution in [0.3, 0.4) is 0 Å². The number of furan rings is 1. The second-order valence-corrected chi connectivity index (χ2v) is 6.51. The average molecular weight is 411 g/mol. The zero-order valence-corrected chi connectivity index (χ0v) is 14.9. The smallest absolute Gasteiger partial charge is 0.234 e. The molecule has 0 bridgehead atoms. The van der Waals surface area contributed by atoms with Gasteiger partial charge < -0.3 is 14.3 Å². The minimum Gasteiger partial charge on any atom is -0.446 e. The molecule has 24 heavy (non-hydrogen) atoms. The van der Waals surface area contributed by atoms with Crippen LogP contribution in [0.2, 0.25) is 0 Å². The minimum atomic E-state index is -0.472. The molecule has 1 amide bonds. The van der Waals surface area contributed by atoms with Crippen molar-refractivity contribution in [2.45, 2.75) is 5.16 Å². The molecule has 2 heterocycles. The molecule has 6 nitrogen and oxygen atoms in total. The van der Waals surface area contributed by atoms with E-state index in [9.17, 15) is 9.18 Å². The topological polar surface area (TPSA) is 73.0 Å². The first kappa shape index (κ1) is 16.7. The van der Waals surface area contributed by atoms with E-state index in [1.54, 1.807) is 35.9 Å². The van der Waals surface area contributed by atoms with Gasteiger partial charge in [0.1, 0.15) is 5.82 Å². The van der Waals surface area contributed by atoms with Crippen LogP contribution in [0.4, 0.5) is 10.1 Å². The molecule has 0 aliphatic carbocycles. The summed E-state index contributed by atoms with van der Waals surface area (Å²) in [5, 5.41) is 11.2. The van der Waals surface area contributed by atoms with Crippen molar-refractivity contribution in [2.24, 2.45) is 7.05 Å². The molecule has 0 saturated carbocycles. The Labute approximate surface area is 149 Å². The van der Waals surface area contributed by atoms with E-state index in [1.807, 2.05) is 0 Å². The maximum Gasteiger partial charge on any atom is 0.234 e. The minimum absolute atomic E-state index is 0.0855. The van der Waals surface area contributed by atoms with E-state index in [0.29, 0.717) is 21.4 Å². The van der Waals surface area contributed by atoms with Gasteiger partial charge in [-0.3, -0.25) is 4.79 Å². The number of aromatic nitrogens is 3. The van der Waals surface area contributed by atoms with E-state index in [1.165, 1.54) is 23.9 Å². The van der Waals surface area contributed by atoms with Gasteiger partial charge in [-0.15, -0.1) is 10.2 Å². The summed E-state index contributed by atoms with van der Waals surface area (Å²) in [6.45, 7) is 0. The fraction of sp³-hybridized carbons (Fsp3) is 0.133. The number of benzene rings is 1. The van der Waals surface area contributed by atoms with Crippen LogP contribution in [0, 0.1) is 5.82 Å². The molecular formula is C15H12BrFN4O2S. The fourth-order valence-electron chi connectivity index (χ4n) is 1.97. The molecule has 0 fully saturated rings. The first-order valence-corrected chi connectivity index (χ1v) is 8.64. The monoisotopic (exact) mass is 410 g/mol. The number of para-hydroxylation sites is 1. The predicted octanol–water partition coefficient (Wildman–Crippen LogP) is 3.71. The third kappa shape index (κ3) is 3.68. The van der Waals surface area contributed by atoms with E-state index >= 15 is 0 Å². The molecule has 124 valence electrons. The zero-order valence-electron chi connectivity index (χ0n) is 12.5. The van der Waals surface area contributed by atoms with Gasteiger partial charge in [0.15, 0.2) is 21.4 Å². The lowest BCUT2D eigenvalue weighted by Gasteiger charge is -2.06. The summed E-state index contributed by atoms with van der Waals surface area (Å²) in [6.07, 6.45) is 0. The van der Waals surface area contributed by atoms with Crippen LogP contribution < -0.4 is 5.32 Å². The Morgan fingerprint density at radius 3 is 2.83 bits per heavy atom. The maximum absolute atomic E-state index is 13.5. The predicted molar refractivity (Wildman–Crippen MR) is 92.2 cm³/mol. The number of carbonyl (C=O) groups excluding carboxylic acids is 1. The van der Waals surface area contributed by atoms with Crippen LogP contribution in [0.1, 0.15) is 0 Å². The van der Waals surface area contributed by atoms with Gasteiger partial charge in [0.05, 0.1) is 11.4 Å². The highest BCUT2D eigenvalue weighted by Crippen LogP contribution is 2.26. The van der Waals surface area contributed by atoms with Gasteiger partial charge in [-0.25, -0.2) is 4.39 Å². The second-order valence-electron chi connectivity index (χ2n) is 4.79. The SMILES string of the molecule is Cn1c(SCC(=O)Nc2ccccc2F)nnc1-c1ccc(Br)o1. The number of rotatable bonds is 5. The molecule has 0 saturated heterocycles. The van der Waals surface area contributed by atoms with Crippen molar-refractivity contribution in [2.75, 3.05) is 11.1 Å². The largest absolute Gasteiger partial charge is 0.446 e. The first-order chi connectivity index (χ1) is 11.5. The summed E-state index contributed by atoms with van der Waals surface area (Å²) in [5.41, 5.74) is 0.155. The van der Waals surface area contributed by atoms with E-state index in [2.05, 4.69) is 31.4 Å². The Balaban J connectivity index is 1.64. The van der Waals surface area contributed by atoms with Crippen molar-refractivity contribution >= 4 is 39.3 Å². The standard InChI is InChI=1S/C15H12BrFN4O2S/c1-21-14(11-6-7-12(16)23-11)19-20-15(21)24-8-13(22)18-10-5-3-2-4-9(10)17/h2-7H,8H2,1H3,(H,18,22). The zero-order chi connectivity index (χ0) is 17.1. The van der Waals surface area contributed by atoms with E-state index < -0.39 is 5.82 Å². The van der Waals surface area contributed by atoms with Crippen LogP contribution in [-0.4, -0.2) is 26.4 Å². The van der Waals surface area contributed by atoms with Crippen molar-refractivity contribution in [3.63, 3.8) is 0 Å². The number of carbonyl (C=O) groups is 1. The van der Waals surface area contributed by atoms with Crippen LogP contribution in [0.5, 0.6) is 0 Å². The highest BCUT2D eigenvalue weighted by Gasteiger charge is 2.15. The Morgan fingerprint density at radius 2 is 2.12 bits per heavy atom. The van der Waals surface area contributed by atoms with Gasteiger partial charge in [-0.05, 0) is 40.2 Å². The van der Waals surface area contributed by atoms with Gasteiger partial charge in [0, 0.05) is 7.05 Å². The van der Waals surface area contributed by atoms with Gasteiger partial charge in [0.2, 0.25) is 5.91 Å². The molecule has 1 aromatic carbocycles. The van der Waals surface area contributed by atoms with Gasteiger partial charge in [-0.2, -0.15) is 0 Å². The number of nitrogens with zero attached hydrogens (tertiary/aromatic N) is 3. The molecular weight excluding hydrogens is 399 g/mol. The quantitative estimate of drug-likeness (QED) is 0.649.